The van der Waals surface area contributed by atoms with E-state index < -0.39 is 0 Å². The van der Waals surface area contributed by atoms with Gasteiger partial charge in [0.25, 0.3) is 0 Å². The summed E-state index contributed by atoms with van der Waals surface area (Å²) < 4.78 is 0. The van der Waals surface area contributed by atoms with E-state index in [9.17, 15) is 0 Å². The van der Waals surface area contributed by atoms with E-state index in [-0.39, 0.29) is 0 Å². The number of allylic oxidation sites excluding steroid dienone is 3. The average molecular weight is 305 g/mol. The first-order valence-electron chi connectivity index (χ1n) is 9.16. The molecule has 3 aliphatic carbocycles. The Morgan fingerprint density at radius 3 is 2.41 bits per heavy atom. The van der Waals surface area contributed by atoms with Gasteiger partial charge in [-0.2, -0.15) is 0 Å². The van der Waals surface area contributed by atoms with Gasteiger partial charge in [-0.25, -0.2) is 0 Å². The molecule has 0 spiro atoms. The minimum absolute atomic E-state index is 0.432. The lowest BCUT2D eigenvalue weighted by Gasteiger charge is -2.52. The van der Waals surface area contributed by atoms with E-state index in [1.807, 2.05) is 5.57 Å². The highest BCUT2D eigenvalue weighted by atomic mass is 16.2. The zero-order valence-electron chi connectivity index (χ0n) is 15.5. The largest absolute Gasteiger partial charge is 0.400 e. The van der Waals surface area contributed by atoms with Gasteiger partial charge in [0.1, 0.15) is 0 Å². The summed E-state index contributed by atoms with van der Waals surface area (Å²) in [6, 6.07) is 0. The third-order valence-electron chi connectivity index (χ3n) is 7.23. The summed E-state index contributed by atoms with van der Waals surface area (Å²) in [7, 11) is 1.00. The van der Waals surface area contributed by atoms with E-state index in [0.29, 0.717) is 10.8 Å². The third kappa shape index (κ3) is 2.94. The van der Waals surface area contributed by atoms with Gasteiger partial charge >= 0.3 is 0 Å². The third-order valence-corrected chi connectivity index (χ3v) is 7.23. The molecule has 0 aromatic rings. The molecule has 0 aliphatic heterocycles. The Balaban J connectivity index is 0.000000847. The van der Waals surface area contributed by atoms with Crippen LogP contribution in [0.4, 0.5) is 0 Å². The monoisotopic (exact) mass is 304 g/mol. The number of aliphatic hydroxyl groups excluding tert-OH is 1. The van der Waals surface area contributed by atoms with Crippen molar-refractivity contribution in [3.05, 3.63) is 23.3 Å². The summed E-state index contributed by atoms with van der Waals surface area (Å²) >= 11 is 0. The van der Waals surface area contributed by atoms with Crippen molar-refractivity contribution < 1.29 is 5.11 Å². The first kappa shape index (κ1) is 17.8. The predicted octanol–water partition coefficient (Wildman–Crippen LogP) is 5.89. The molecule has 3 atom stereocenters. The lowest BCUT2D eigenvalue weighted by atomic mass is 9.53. The SMILES string of the molecule is C=C1CCC[C@@]2(C)CCC3=C(C)CC[C@@H](C[C@H]12)C3(C)C.CO. The molecule has 3 rings (SSSR count). The van der Waals surface area contributed by atoms with E-state index in [0.717, 1.165) is 18.9 Å². The molecule has 2 saturated carbocycles. The summed E-state index contributed by atoms with van der Waals surface area (Å²) in [5.41, 5.74) is 6.06. The highest BCUT2D eigenvalue weighted by molar-refractivity contribution is 5.27. The van der Waals surface area contributed by atoms with Crippen molar-refractivity contribution in [1.82, 2.24) is 0 Å². The maximum Gasteiger partial charge on any atom is 0.0319 e. The fourth-order valence-electron chi connectivity index (χ4n) is 5.65. The molecule has 0 heterocycles. The number of aliphatic hydroxyl groups is 1. The van der Waals surface area contributed by atoms with Crippen LogP contribution < -0.4 is 0 Å². The summed E-state index contributed by atoms with van der Waals surface area (Å²) in [4.78, 5) is 0. The van der Waals surface area contributed by atoms with Crippen LogP contribution in [0.25, 0.3) is 0 Å². The van der Waals surface area contributed by atoms with E-state index >= 15 is 0 Å². The standard InChI is InChI=1S/C20H32.CH4O/c1-14-7-6-11-20(5)12-10-17-15(2)8-9-16(13-18(14)20)19(17,3)4;1-2/h16,18H,1,6-13H2,2-5H3;2H,1H3/t16-,18+,20-;/m0./s1. The van der Waals surface area contributed by atoms with Crippen molar-refractivity contribution in [2.75, 3.05) is 7.11 Å². The molecule has 2 bridgehead atoms. The number of fused-ring (bicyclic) bond motifs is 3. The molecule has 2 fully saturated rings. The summed E-state index contributed by atoms with van der Waals surface area (Å²) in [6.07, 6.45) is 11.0. The Kier molecular flexibility index (Phi) is 5.27. The van der Waals surface area contributed by atoms with Gasteiger partial charge in [-0.15, -0.1) is 0 Å². The molecule has 0 saturated heterocycles. The highest BCUT2D eigenvalue weighted by Gasteiger charge is 2.46. The summed E-state index contributed by atoms with van der Waals surface area (Å²) in [5.74, 6) is 1.67. The van der Waals surface area contributed by atoms with Crippen LogP contribution >= 0.6 is 0 Å². The molecule has 0 radical (unpaired) electrons. The molecule has 0 amide bonds. The first-order chi connectivity index (χ1) is 10.3. The average Bonchev–Trinajstić information content (AvgIpc) is 2.46. The Morgan fingerprint density at radius 2 is 1.73 bits per heavy atom. The second-order valence-electron chi connectivity index (χ2n) is 8.67. The Morgan fingerprint density at radius 1 is 1.05 bits per heavy atom. The van der Waals surface area contributed by atoms with Gasteiger partial charge in [0.05, 0.1) is 0 Å². The highest BCUT2D eigenvalue weighted by Crippen LogP contribution is 2.58. The predicted molar refractivity (Wildman–Crippen MR) is 95.8 cm³/mol. The lowest BCUT2D eigenvalue weighted by molar-refractivity contribution is 0.0696. The zero-order valence-corrected chi connectivity index (χ0v) is 15.5. The quantitative estimate of drug-likeness (QED) is 0.553. The topological polar surface area (TPSA) is 20.2 Å². The van der Waals surface area contributed by atoms with E-state index in [2.05, 4.69) is 34.3 Å². The Hall–Kier alpha value is -0.560. The lowest BCUT2D eigenvalue weighted by Crippen LogP contribution is -2.41. The fraction of sp³-hybridized carbons (Fsp3) is 0.810. The van der Waals surface area contributed by atoms with E-state index in [1.54, 1.807) is 11.1 Å². The van der Waals surface area contributed by atoms with Gasteiger partial charge < -0.3 is 5.11 Å². The van der Waals surface area contributed by atoms with Crippen LogP contribution in [0.1, 0.15) is 79.1 Å². The van der Waals surface area contributed by atoms with Crippen molar-refractivity contribution in [2.45, 2.75) is 79.1 Å². The maximum absolute atomic E-state index is 7.00. The van der Waals surface area contributed by atoms with E-state index in [1.165, 1.54) is 51.4 Å². The summed E-state index contributed by atoms with van der Waals surface area (Å²) in [6.45, 7) is 14.5. The van der Waals surface area contributed by atoms with Gasteiger partial charge in [0, 0.05) is 7.11 Å². The molecule has 0 unspecified atom stereocenters. The molecule has 1 heteroatoms. The van der Waals surface area contributed by atoms with Crippen LogP contribution in [0.3, 0.4) is 0 Å². The van der Waals surface area contributed by atoms with Crippen LogP contribution in [-0.2, 0) is 0 Å². The number of hydrogen-bond acceptors (Lipinski definition) is 1. The number of rotatable bonds is 0. The molecule has 3 aliphatic rings. The van der Waals surface area contributed by atoms with Crippen molar-refractivity contribution in [2.24, 2.45) is 22.7 Å². The molecule has 0 aromatic carbocycles. The van der Waals surface area contributed by atoms with Crippen LogP contribution in [-0.4, -0.2) is 12.2 Å². The van der Waals surface area contributed by atoms with Crippen LogP contribution in [0, 0.1) is 22.7 Å². The number of hydrogen-bond donors (Lipinski definition) is 1. The van der Waals surface area contributed by atoms with Crippen molar-refractivity contribution in [1.29, 1.82) is 0 Å². The molecule has 0 aromatic heterocycles. The van der Waals surface area contributed by atoms with Gasteiger partial charge in [-0.1, -0.05) is 44.1 Å². The molecular formula is C21H36O. The molecule has 1 N–H and O–H groups in total. The normalized spacial score (nSPS) is 37.5. The zero-order chi connectivity index (χ0) is 16.5. The molecule has 22 heavy (non-hydrogen) atoms. The first-order valence-corrected chi connectivity index (χ1v) is 9.16. The Bertz CT molecular complexity index is 457. The summed E-state index contributed by atoms with van der Waals surface area (Å²) in [5, 5.41) is 7.00. The maximum atomic E-state index is 7.00. The minimum Gasteiger partial charge on any atom is -0.400 e. The smallest absolute Gasteiger partial charge is 0.0319 e. The minimum atomic E-state index is 0.432. The fourth-order valence-corrected chi connectivity index (χ4v) is 5.65. The van der Waals surface area contributed by atoms with Gasteiger partial charge in [-0.3, -0.25) is 0 Å². The van der Waals surface area contributed by atoms with Crippen molar-refractivity contribution >= 4 is 0 Å². The second-order valence-corrected chi connectivity index (χ2v) is 8.67. The van der Waals surface area contributed by atoms with Gasteiger partial charge in [0.2, 0.25) is 0 Å². The van der Waals surface area contributed by atoms with E-state index in [4.69, 9.17) is 5.11 Å². The van der Waals surface area contributed by atoms with Crippen molar-refractivity contribution in [3.8, 4) is 0 Å². The van der Waals surface area contributed by atoms with Gasteiger partial charge in [-0.05, 0) is 81.0 Å². The van der Waals surface area contributed by atoms with Crippen LogP contribution in [0.5, 0.6) is 0 Å². The molecule has 1 nitrogen and oxygen atoms in total. The van der Waals surface area contributed by atoms with Crippen LogP contribution in [0.15, 0.2) is 23.3 Å². The molecule has 126 valence electrons. The van der Waals surface area contributed by atoms with Gasteiger partial charge in [0.15, 0.2) is 0 Å². The second kappa shape index (κ2) is 6.51. The Labute approximate surface area is 137 Å². The van der Waals surface area contributed by atoms with Crippen LogP contribution in [0.2, 0.25) is 0 Å². The van der Waals surface area contributed by atoms with Crippen molar-refractivity contribution in [3.63, 3.8) is 0 Å². The molecular weight excluding hydrogens is 268 g/mol.